The fourth-order valence-corrected chi connectivity index (χ4v) is 9.47. The van der Waals surface area contributed by atoms with E-state index in [1.165, 1.54) is 5.56 Å². The van der Waals surface area contributed by atoms with Crippen LogP contribution in [0.2, 0.25) is 0 Å². The molecule has 394 valence electrons. The number of β-amino-alcohol motifs (C(OH)–C–C–N with tert-alkyl or cyclic N) is 1. The third kappa shape index (κ3) is 16.8. The number of rotatable bonds is 14. The van der Waals surface area contributed by atoms with Gasteiger partial charge in [-0.05, 0) is 106 Å². The van der Waals surface area contributed by atoms with E-state index in [0.717, 1.165) is 124 Å². The fraction of sp³-hybridized carbons (Fsp3) is 0.509. The number of piperidine rings is 1. The molecule has 4 fully saturated rings. The first-order valence-corrected chi connectivity index (χ1v) is 25.9. The van der Waals surface area contributed by atoms with Crippen LogP contribution in [0.15, 0.2) is 66.4 Å². The number of para-hydroxylation sites is 1. The number of thiazole rings is 1. The van der Waals surface area contributed by atoms with E-state index >= 15 is 0 Å². The molecule has 20 heteroatoms. The Morgan fingerprint density at radius 2 is 1.63 bits per heavy atom. The van der Waals surface area contributed by atoms with E-state index < -0.39 is 5.67 Å². The number of alkyl halides is 1. The number of halogens is 1. The van der Waals surface area contributed by atoms with Crippen molar-refractivity contribution in [2.24, 2.45) is 11.1 Å². The molecule has 1 saturated carbocycles. The number of hydrogen-bond donors (Lipinski definition) is 5. The van der Waals surface area contributed by atoms with Gasteiger partial charge in [0.15, 0.2) is 5.82 Å². The number of hydrogen-bond acceptors (Lipinski definition) is 16. The lowest BCUT2D eigenvalue weighted by molar-refractivity contribution is -0.132. The van der Waals surface area contributed by atoms with Crippen molar-refractivity contribution in [2.45, 2.75) is 97.4 Å². The van der Waals surface area contributed by atoms with Gasteiger partial charge in [-0.2, -0.15) is 0 Å². The zero-order valence-corrected chi connectivity index (χ0v) is 43.9. The third-order valence-electron chi connectivity index (χ3n) is 13.1. The molecule has 18 nitrogen and oxygen atoms in total. The molecule has 2 aromatic carbocycles. The molecule has 4 aliphatic rings. The molecule has 1 unspecified atom stereocenters. The lowest BCUT2D eigenvalue weighted by Crippen LogP contribution is -2.47. The van der Waals surface area contributed by atoms with Gasteiger partial charge in [-0.25, -0.2) is 19.3 Å². The Labute approximate surface area is 432 Å². The largest absolute Gasteiger partial charge is 0.507 e. The first-order valence-electron chi connectivity index (χ1n) is 25.0. The summed E-state index contributed by atoms with van der Waals surface area (Å²) in [5.74, 6) is 3.04. The number of nitrogens with zero attached hydrogens (tertiary/aromatic N) is 9. The Bertz CT molecular complexity index is 2540. The summed E-state index contributed by atoms with van der Waals surface area (Å²) in [6.45, 7) is 18.0. The maximum atomic E-state index is 11.8. The van der Waals surface area contributed by atoms with Crippen LogP contribution in [0.4, 0.5) is 21.8 Å². The standard InChI is InChI=1S/C38H44N10O3S.C10H19NO2.C4H7F.CH3NO/c1-26-36(52-25-43-26)28-7-8-29(21-40-24-49)35(19-28)51-18-17-46-11-9-27(10-12-46)30-22-41-38(42-23-30)48-15-13-47(14-16-48)33-20-32(44-45-37(33)39-2)31-5-3-4-6-34(31)50;1-10(2,3)6-9(13)11-5-4-8(12)7-11;1-4(5)2-3-4;2-1-3/h3-8,19-20,22-25,27,50H,9-18,21H2,1-2H3,(H,39,45)(H,40,49);8,12H,4-7H2,1-3H3;2-3H2,1H3;1H,(H2,2,3). The van der Waals surface area contributed by atoms with Crippen LogP contribution in [0, 0.1) is 12.3 Å². The van der Waals surface area contributed by atoms with Gasteiger partial charge >= 0.3 is 0 Å². The number of piperazine rings is 1. The number of ether oxygens (including phenoxy) is 1. The van der Waals surface area contributed by atoms with Crippen molar-refractivity contribution >= 4 is 47.5 Å². The number of carbonyl (C=O) groups excluding carboxylic acids is 3. The van der Waals surface area contributed by atoms with Gasteiger partial charge in [0, 0.05) is 89.3 Å². The highest BCUT2D eigenvalue weighted by atomic mass is 32.1. The Hall–Kier alpha value is -6.51. The molecule has 3 amide bonds. The lowest BCUT2D eigenvalue weighted by atomic mass is 9.91. The highest BCUT2D eigenvalue weighted by molar-refractivity contribution is 7.13. The van der Waals surface area contributed by atoms with Crippen LogP contribution >= 0.6 is 11.3 Å². The fourth-order valence-electron chi connectivity index (χ4n) is 8.66. The normalized spacial score (nSPS) is 17.4. The summed E-state index contributed by atoms with van der Waals surface area (Å²) < 4.78 is 18.1. The summed E-state index contributed by atoms with van der Waals surface area (Å²) >= 11 is 1.62. The number of primary amides is 1. The number of anilines is 3. The van der Waals surface area contributed by atoms with Crippen molar-refractivity contribution in [1.29, 1.82) is 0 Å². The van der Waals surface area contributed by atoms with Crippen molar-refractivity contribution in [3.8, 4) is 33.2 Å². The molecule has 9 rings (SSSR count). The van der Waals surface area contributed by atoms with Crippen LogP contribution in [-0.2, 0) is 20.9 Å². The van der Waals surface area contributed by atoms with E-state index in [0.29, 0.717) is 55.5 Å². The molecule has 0 bridgehead atoms. The number of aryl methyl sites for hydroxylation is 1. The third-order valence-corrected chi connectivity index (χ3v) is 14.0. The first-order chi connectivity index (χ1) is 35.0. The highest BCUT2D eigenvalue weighted by Crippen LogP contribution is 2.38. The molecule has 1 aliphatic carbocycles. The van der Waals surface area contributed by atoms with Gasteiger partial charge in [-0.3, -0.25) is 19.3 Å². The summed E-state index contributed by atoms with van der Waals surface area (Å²) in [5, 5.41) is 34.3. The van der Waals surface area contributed by atoms with Gasteiger partial charge in [0.1, 0.15) is 23.8 Å². The summed E-state index contributed by atoms with van der Waals surface area (Å²) in [7, 11) is 1.84. The quantitative estimate of drug-likeness (QED) is 0.0742. The molecule has 3 aromatic heterocycles. The zero-order valence-electron chi connectivity index (χ0n) is 43.1. The minimum absolute atomic E-state index is 0.0463. The van der Waals surface area contributed by atoms with Crippen molar-refractivity contribution in [2.75, 3.05) is 87.7 Å². The smallest absolute Gasteiger partial charge is 0.225 e. The lowest BCUT2D eigenvalue weighted by Gasteiger charge is -2.36. The number of phenolic OH excluding ortho intramolecular Hbond substituents is 1. The van der Waals surface area contributed by atoms with Gasteiger partial charge in [0.05, 0.1) is 33.6 Å². The van der Waals surface area contributed by atoms with E-state index in [1.807, 2.05) is 56.1 Å². The summed E-state index contributed by atoms with van der Waals surface area (Å²) in [4.78, 5) is 55.0. The number of likely N-dealkylation sites (tertiary alicyclic amines) is 2. The zero-order chi connectivity index (χ0) is 52.5. The van der Waals surface area contributed by atoms with Gasteiger partial charge < -0.3 is 46.0 Å². The number of nitrogens with two attached hydrogens (primary N) is 1. The van der Waals surface area contributed by atoms with Gasteiger partial charge in [0.25, 0.3) is 0 Å². The molecule has 73 heavy (non-hydrogen) atoms. The molecule has 3 saturated heterocycles. The molecule has 6 N–H and O–H groups in total. The van der Waals surface area contributed by atoms with Gasteiger partial charge in [-0.15, -0.1) is 21.5 Å². The Morgan fingerprint density at radius 3 is 2.21 bits per heavy atom. The summed E-state index contributed by atoms with van der Waals surface area (Å²) in [5.41, 5.74) is 11.8. The van der Waals surface area contributed by atoms with Crippen LogP contribution in [0.5, 0.6) is 11.5 Å². The Morgan fingerprint density at radius 1 is 0.959 bits per heavy atom. The average molecular weight is 1030 g/mol. The van der Waals surface area contributed by atoms with Crippen LogP contribution in [-0.4, -0.2) is 148 Å². The number of aromatic nitrogens is 5. The minimum Gasteiger partial charge on any atom is -0.507 e. The Balaban J connectivity index is 0.000000343. The first kappa shape index (κ1) is 55.8. The maximum Gasteiger partial charge on any atom is 0.225 e. The predicted octanol–water partition coefficient (Wildman–Crippen LogP) is 6.57. The second kappa shape index (κ2) is 26.4. The van der Waals surface area contributed by atoms with Crippen LogP contribution < -0.4 is 30.9 Å². The minimum atomic E-state index is -0.750. The number of nitrogens with one attached hydrogen (secondary N) is 2. The molecular weight excluding hydrogens is 952 g/mol. The summed E-state index contributed by atoms with van der Waals surface area (Å²) in [6, 6.07) is 15.3. The summed E-state index contributed by atoms with van der Waals surface area (Å²) in [6.07, 6.45) is 9.65. The van der Waals surface area contributed by atoms with Crippen molar-refractivity contribution in [3.63, 3.8) is 0 Å². The molecule has 0 spiro atoms. The van der Waals surface area contributed by atoms with E-state index in [1.54, 1.807) is 35.3 Å². The number of aromatic hydroxyl groups is 1. The number of aliphatic hydroxyl groups excluding tert-OH is 1. The van der Waals surface area contributed by atoms with E-state index in [4.69, 9.17) is 19.5 Å². The number of phenols is 1. The predicted molar refractivity (Wildman–Crippen MR) is 285 cm³/mol. The van der Waals surface area contributed by atoms with Crippen molar-refractivity contribution in [1.82, 2.24) is 40.3 Å². The molecule has 1 atom stereocenters. The molecular formula is C53H73FN12O6S. The van der Waals surface area contributed by atoms with Crippen LogP contribution in [0.3, 0.4) is 0 Å². The molecule has 0 radical (unpaired) electrons. The number of carbonyl (C=O) groups is 3. The average Bonchev–Trinajstić information content (AvgIpc) is 3.65. The van der Waals surface area contributed by atoms with E-state index in [-0.39, 0.29) is 29.6 Å². The maximum absolute atomic E-state index is 11.8. The van der Waals surface area contributed by atoms with Crippen molar-refractivity contribution < 1.29 is 33.7 Å². The molecule has 5 aromatic rings. The van der Waals surface area contributed by atoms with Crippen molar-refractivity contribution in [3.05, 3.63) is 83.3 Å². The van der Waals surface area contributed by atoms with Gasteiger partial charge in [-0.1, -0.05) is 45.0 Å². The topological polar surface area (TPSA) is 228 Å². The molecule has 3 aliphatic heterocycles. The van der Waals surface area contributed by atoms with E-state index in [2.05, 4.69) is 79.2 Å². The number of amides is 3. The monoisotopic (exact) mass is 1020 g/mol. The molecule has 6 heterocycles. The highest BCUT2D eigenvalue weighted by Gasteiger charge is 2.37. The SMILES string of the molecule is CC(C)(C)CC(=O)N1CCC(O)C1.CC1(F)CC1.CNc1nnc(-c2ccccc2O)cc1N1CCN(c2ncc(C3CCN(CCOc4cc(-c5scnc5C)ccc4CNC=O)CC3)cn2)CC1.NC=O. The number of benzene rings is 2. The Kier molecular flexibility index (Phi) is 20.2. The van der Waals surface area contributed by atoms with E-state index in [9.17, 15) is 24.2 Å². The second-order valence-electron chi connectivity index (χ2n) is 20.1. The van der Waals surface area contributed by atoms with Crippen LogP contribution in [0.25, 0.3) is 21.7 Å². The van der Waals surface area contributed by atoms with Gasteiger partial charge in [0.2, 0.25) is 24.7 Å². The second-order valence-corrected chi connectivity index (χ2v) is 21.0. The van der Waals surface area contributed by atoms with Crippen LogP contribution in [0.1, 0.15) is 89.0 Å². The number of aliphatic hydroxyl groups is 1.